The van der Waals surface area contributed by atoms with Gasteiger partial charge in [0.05, 0.1) is 17.8 Å². The van der Waals surface area contributed by atoms with Crippen LogP contribution in [0.4, 0.5) is 5.69 Å². The summed E-state index contributed by atoms with van der Waals surface area (Å²) >= 11 is 5.98. The minimum absolute atomic E-state index is 0.675. The second-order valence-electron chi connectivity index (χ2n) is 2.91. The molecule has 0 aliphatic carbocycles. The normalized spacial score (nSPS) is 9.93. The number of hydrogen-bond donors (Lipinski definition) is 2. The molecule has 0 bridgehead atoms. The van der Waals surface area contributed by atoms with Gasteiger partial charge >= 0.3 is 0 Å². The fraction of sp³-hybridized carbons (Fsp3) is 0.400. The molecule has 14 heavy (non-hydrogen) atoms. The van der Waals surface area contributed by atoms with E-state index >= 15 is 0 Å². The van der Waals surface area contributed by atoms with Gasteiger partial charge in [-0.2, -0.15) is 0 Å². The number of ether oxygens (including phenoxy) is 1. The van der Waals surface area contributed by atoms with E-state index in [2.05, 4.69) is 5.32 Å². The van der Waals surface area contributed by atoms with Crippen LogP contribution in [0.1, 0.15) is 6.42 Å². The predicted octanol–water partition coefficient (Wildman–Crippen LogP) is 2.11. The summed E-state index contributed by atoms with van der Waals surface area (Å²) in [6, 6.07) is 5.51. The molecule has 0 radical (unpaired) electrons. The molecule has 0 unspecified atom stereocenters. The van der Waals surface area contributed by atoms with E-state index in [9.17, 15) is 0 Å². The molecule has 0 aromatic heterocycles. The van der Waals surface area contributed by atoms with Crippen molar-refractivity contribution in [2.45, 2.75) is 6.42 Å². The molecule has 3 N–H and O–H groups in total. The lowest BCUT2D eigenvalue weighted by Crippen LogP contribution is -2.08. The maximum atomic E-state index is 5.98. The number of methoxy groups -OCH3 is 1. The lowest BCUT2D eigenvalue weighted by atomic mass is 10.3. The SMILES string of the molecule is COc1ccc(Cl)c(NCCCN)c1. The lowest BCUT2D eigenvalue weighted by molar-refractivity contribution is 0.415. The van der Waals surface area contributed by atoms with Crippen molar-refractivity contribution < 1.29 is 4.74 Å². The van der Waals surface area contributed by atoms with E-state index in [1.54, 1.807) is 7.11 Å². The highest BCUT2D eigenvalue weighted by molar-refractivity contribution is 6.33. The van der Waals surface area contributed by atoms with Gasteiger partial charge in [-0.3, -0.25) is 0 Å². The summed E-state index contributed by atoms with van der Waals surface area (Å²) in [6.45, 7) is 1.50. The molecular formula is C10H15ClN2O. The first kappa shape index (κ1) is 11.1. The first-order chi connectivity index (χ1) is 6.77. The number of hydrogen-bond acceptors (Lipinski definition) is 3. The van der Waals surface area contributed by atoms with Crippen LogP contribution in [0, 0.1) is 0 Å². The van der Waals surface area contributed by atoms with Crippen LogP contribution in [0.25, 0.3) is 0 Å². The highest BCUT2D eigenvalue weighted by atomic mass is 35.5. The highest BCUT2D eigenvalue weighted by Crippen LogP contribution is 2.26. The van der Waals surface area contributed by atoms with Crippen LogP contribution < -0.4 is 15.8 Å². The van der Waals surface area contributed by atoms with Crippen molar-refractivity contribution in [2.24, 2.45) is 5.73 Å². The summed E-state index contributed by atoms with van der Waals surface area (Å²) < 4.78 is 5.09. The lowest BCUT2D eigenvalue weighted by Gasteiger charge is -2.09. The van der Waals surface area contributed by atoms with Crippen molar-refractivity contribution in [3.05, 3.63) is 23.2 Å². The quantitative estimate of drug-likeness (QED) is 0.739. The van der Waals surface area contributed by atoms with Gasteiger partial charge in [0.15, 0.2) is 0 Å². The molecular weight excluding hydrogens is 200 g/mol. The van der Waals surface area contributed by atoms with Crippen molar-refractivity contribution >= 4 is 17.3 Å². The number of anilines is 1. The van der Waals surface area contributed by atoms with E-state index in [1.165, 1.54) is 0 Å². The fourth-order valence-electron chi connectivity index (χ4n) is 1.09. The molecule has 0 atom stereocenters. The molecule has 1 rings (SSSR count). The third-order valence-electron chi connectivity index (χ3n) is 1.87. The molecule has 0 aliphatic rings. The zero-order valence-electron chi connectivity index (χ0n) is 8.22. The Morgan fingerprint density at radius 3 is 2.93 bits per heavy atom. The second-order valence-corrected chi connectivity index (χ2v) is 3.32. The van der Waals surface area contributed by atoms with E-state index in [4.69, 9.17) is 22.1 Å². The smallest absolute Gasteiger partial charge is 0.121 e. The van der Waals surface area contributed by atoms with Gasteiger partial charge in [-0.1, -0.05) is 11.6 Å². The topological polar surface area (TPSA) is 47.3 Å². The molecule has 1 aromatic rings. The third-order valence-corrected chi connectivity index (χ3v) is 2.20. The van der Waals surface area contributed by atoms with Crippen LogP contribution in [0.15, 0.2) is 18.2 Å². The van der Waals surface area contributed by atoms with Crippen LogP contribution in [-0.4, -0.2) is 20.2 Å². The van der Waals surface area contributed by atoms with E-state index in [0.29, 0.717) is 11.6 Å². The zero-order valence-corrected chi connectivity index (χ0v) is 8.97. The maximum absolute atomic E-state index is 5.98. The second kappa shape index (κ2) is 5.73. The van der Waals surface area contributed by atoms with E-state index in [0.717, 1.165) is 24.4 Å². The summed E-state index contributed by atoms with van der Waals surface area (Å²) in [5.41, 5.74) is 6.28. The van der Waals surface area contributed by atoms with Gasteiger partial charge in [0, 0.05) is 12.6 Å². The number of rotatable bonds is 5. The fourth-order valence-corrected chi connectivity index (χ4v) is 1.28. The first-order valence-electron chi connectivity index (χ1n) is 4.55. The Hall–Kier alpha value is -0.930. The zero-order chi connectivity index (χ0) is 10.4. The predicted molar refractivity (Wildman–Crippen MR) is 60.2 cm³/mol. The van der Waals surface area contributed by atoms with E-state index in [1.807, 2.05) is 18.2 Å². The maximum Gasteiger partial charge on any atom is 0.121 e. The summed E-state index contributed by atoms with van der Waals surface area (Å²) in [4.78, 5) is 0. The monoisotopic (exact) mass is 214 g/mol. The molecule has 0 saturated heterocycles. The standard InChI is InChI=1S/C10H15ClN2O/c1-14-8-3-4-9(11)10(7-8)13-6-2-5-12/h3-4,7,13H,2,5-6,12H2,1H3. The molecule has 0 fully saturated rings. The number of benzene rings is 1. The van der Waals surface area contributed by atoms with Crippen molar-refractivity contribution in [1.29, 1.82) is 0 Å². The molecule has 1 aromatic carbocycles. The van der Waals surface area contributed by atoms with Crippen LogP contribution >= 0.6 is 11.6 Å². The Kier molecular flexibility index (Phi) is 4.56. The Labute approximate surface area is 89.2 Å². The Bertz CT molecular complexity index is 291. The number of nitrogens with one attached hydrogen (secondary N) is 1. The van der Waals surface area contributed by atoms with Gasteiger partial charge in [0.1, 0.15) is 5.75 Å². The highest BCUT2D eigenvalue weighted by Gasteiger charge is 2.00. The first-order valence-corrected chi connectivity index (χ1v) is 4.93. The van der Waals surface area contributed by atoms with E-state index < -0.39 is 0 Å². The summed E-state index contributed by atoms with van der Waals surface area (Å²) in [6.07, 6.45) is 0.924. The molecule has 78 valence electrons. The van der Waals surface area contributed by atoms with Gasteiger partial charge in [-0.25, -0.2) is 0 Å². The summed E-state index contributed by atoms with van der Waals surface area (Å²) in [5.74, 6) is 0.796. The molecule has 0 spiro atoms. The summed E-state index contributed by atoms with van der Waals surface area (Å²) in [7, 11) is 1.63. The van der Waals surface area contributed by atoms with Crippen LogP contribution in [0.5, 0.6) is 5.75 Å². The average Bonchev–Trinajstić information content (AvgIpc) is 2.21. The minimum Gasteiger partial charge on any atom is -0.497 e. The largest absolute Gasteiger partial charge is 0.497 e. The van der Waals surface area contributed by atoms with Gasteiger partial charge in [-0.05, 0) is 25.1 Å². The van der Waals surface area contributed by atoms with Gasteiger partial charge in [-0.15, -0.1) is 0 Å². The van der Waals surface area contributed by atoms with Crippen LogP contribution in [-0.2, 0) is 0 Å². The molecule has 0 saturated carbocycles. The van der Waals surface area contributed by atoms with Gasteiger partial charge < -0.3 is 15.8 Å². The van der Waals surface area contributed by atoms with Crippen molar-refractivity contribution in [1.82, 2.24) is 0 Å². The molecule has 4 heteroatoms. The molecule has 0 amide bonds. The van der Waals surface area contributed by atoms with Crippen LogP contribution in [0.3, 0.4) is 0 Å². The Balaban J connectivity index is 2.64. The average molecular weight is 215 g/mol. The number of nitrogens with two attached hydrogens (primary N) is 1. The van der Waals surface area contributed by atoms with Crippen LogP contribution in [0.2, 0.25) is 5.02 Å². The van der Waals surface area contributed by atoms with Gasteiger partial charge in [0.2, 0.25) is 0 Å². The minimum atomic E-state index is 0.675. The molecule has 0 heterocycles. The van der Waals surface area contributed by atoms with Crippen molar-refractivity contribution in [3.8, 4) is 5.75 Å². The Morgan fingerprint density at radius 1 is 1.50 bits per heavy atom. The summed E-state index contributed by atoms with van der Waals surface area (Å²) in [5, 5.41) is 3.89. The van der Waals surface area contributed by atoms with Gasteiger partial charge in [0.25, 0.3) is 0 Å². The van der Waals surface area contributed by atoms with Crippen molar-refractivity contribution in [3.63, 3.8) is 0 Å². The number of halogens is 1. The Morgan fingerprint density at radius 2 is 2.29 bits per heavy atom. The molecule has 0 aliphatic heterocycles. The molecule has 3 nitrogen and oxygen atoms in total. The van der Waals surface area contributed by atoms with Crippen molar-refractivity contribution in [2.75, 3.05) is 25.5 Å². The van der Waals surface area contributed by atoms with E-state index in [-0.39, 0.29) is 0 Å². The third kappa shape index (κ3) is 3.09.